The highest BCUT2D eigenvalue weighted by Gasteiger charge is 2.21. The summed E-state index contributed by atoms with van der Waals surface area (Å²) >= 11 is 0. The molecule has 3 rings (SSSR count). The summed E-state index contributed by atoms with van der Waals surface area (Å²) in [5.74, 6) is 1.40. The Hall–Kier alpha value is -1.82. The molecule has 0 radical (unpaired) electrons. The number of aromatic nitrogens is 1. The average molecular weight is 398 g/mol. The van der Waals surface area contributed by atoms with Gasteiger partial charge in [0.2, 0.25) is 11.8 Å². The standard InChI is InChI=1S/C19H23N3O2.2ClH/c1-13-5-3-7-17(14(13)2)24-18-11-15(8-10-21-18)12-22-19(23)16-6-4-9-20-16;;/h3,5,7-8,10-11,16,20H,4,6,9,12H2,1-2H3,(H,22,23);2*1H. The first-order valence-electron chi connectivity index (χ1n) is 8.33. The van der Waals surface area contributed by atoms with Crippen molar-refractivity contribution in [3.63, 3.8) is 0 Å². The Morgan fingerprint density at radius 3 is 2.85 bits per heavy atom. The van der Waals surface area contributed by atoms with Crippen molar-refractivity contribution < 1.29 is 9.53 Å². The molecule has 2 N–H and O–H groups in total. The molecule has 1 aromatic heterocycles. The molecule has 5 nitrogen and oxygen atoms in total. The van der Waals surface area contributed by atoms with E-state index in [1.165, 1.54) is 5.56 Å². The van der Waals surface area contributed by atoms with Gasteiger partial charge in [0, 0.05) is 18.8 Å². The molecule has 2 aromatic rings. The molecule has 1 unspecified atom stereocenters. The van der Waals surface area contributed by atoms with Gasteiger partial charge >= 0.3 is 0 Å². The van der Waals surface area contributed by atoms with Crippen LogP contribution in [0.25, 0.3) is 0 Å². The predicted molar refractivity (Wildman–Crippen MR) is 108 cm³/mol. The van der Waals surface area contributed by atoms with Gasteiger partial charge in [0.05, 0.1) is 6.04 Å². The van der Waals surface area contributed by atoms with E-state index >= 15 is 0 Å². The molecule has 142 valence electrons. The normalized spacial score (nSPS) is 15.5. The van der Waals surface area contributed by atoms with Crippen LogP contribution in [0.1, 0.15) is 29.5 Å². The molecule has 0 aliphatic carbocycles. The third-order valence-electron chi connectivity index (χ3n) is 4.41. The Kier molecular flexibility index (Phi) is 8.85. The predicted octanol–water partition coefficient (Wildman–Crippen LogP) is 3.70. The van der Waals surface area contributed by atoms with Gasteiger partial charge in [0.1, 0.15) is 5.75 Å². The Morgan fingerprint density at radius 2 is 2.12 bits per heavy atom. The van der Waals surface area contributed by atoms with E-state index in [2.05, 4.69) is 28.6 Å². The van der Waals surface area contributed by atoms with E-state index in [0.29, 0.717) is 12.4 Å². The van der Waals surface area contributed by atoms with Gasteiger partial charge in [-0.1, -0.05) is 12.1 Å². The van der Waals surface area contributed by atoms with Gasteiger partial charge in [-0.3, -0.25) is 4.79 Å². The molecule has 2 heterocycles. The maximum absolute atomic E-state index is 12.1. The third kappa shape index (κ3) is 5.59. The summed E-state index contributed by atoms with van der Waals surface area (Å²) in [6.45, 7) is 5.48. The van der Waals surface area contributed by atoms with Crippen molar-refractivity contribution in [2.45, 2.75) is 39.3 Å². The topological polar surface area (TPSA) is 63.2 Å². The van der Waals surface area contributed by atoms with Gasteiger partial charge < -0.3 is 15.4 Å². The van der Waals surface area contributed by atoms with Crippen LogP contribution in [-0.4, -0.2) is 23.5 Å². The molecule has 1 saturated heterocycles. The molecule has 1 aliphatic heterocycles. The second kappa shape index (κ2) is 10.4. The SMILES string of the molecule is Cc1cccc(Oc2cc(CNC(=O)C3CCCN3)ccn2)c1C.Cl.Cl. The van der Waals surface area contributed by atoms with Crippen molar-refractivity contribution >= 4 is 30.7 Å². The zero-order valence-corrected chi connectivity index (χ0v) is 16.6. The molecular weight excluding hydrogens is 373 g/mol. The lowest BCUT2D eigenvalue weighted by Crippen LogP contribution is -2.39. The minimum absolute atomic E-state index is 0. The molecule has 26 heavy (non-hydrogen) atoms. The zero-order valence-electron chi connectivity index (χ0n) is 15.0. The number of benzene rings is 1. The maximum atomic E-state index is 12.1. The van der Waals surface area contributed by atoms with Gasteiger partial charge in [-0.05, 0) is 62.1 Å². The number of halogens is 2. The van der Waals surface area contributed by atoms with Crippen LogP contribution in [0.5, 0.6) is 11.6 Å². The molecule has 0 spiro atoms. The number of pyridine rings is 1. The van der Waals surface area contributed by atoms with Crippen LogP contribution in [0.3, 0.4) is 0 Å². The largest absolute Gasteiger partial charge is 0.439 e. The van der Waals surface area contributed by atoms with Gasteiger partial charge in [0.15, 0.2) is 0 Å². The Morgan fingerprint density at radius 1 is 1.31 bits per heavy atom. The molecule has 1 aliphatic rings. The quantitative estimate of drug-likeness (QED) is 0.806. The van der Waals surface area contributed by atoms with Crippen molar-refractivity contribution in [3.8, 4) is 11.6 Å². The smallest absolute Gasteiger partial charge is 0.237 e. The van der Waals surface area contributed by atoms with Crippen LogP contribution in [-0.2, 0) is 11.3 Å². The number of rotatable bonds is 5. The fraction of sp³-hybridized carbons (Fsp3) is 0.368. The highest BCUT2D eigenvalue weighted by Crippen LogP contribution is 2.25. The Balaban J connectivity index is 0.00000169. The fourth-order valence-electron chi connectivity index (χ4n) is 2.78. The number of nitrogens with one attached hydrogen (secondary N) is 2. The van der Waals surface area contributed by atoms with E-state index in [4.69, 9.17) is 4.74 Å². The van der Waals surface area contributed by atoms with Gasteiger partial charge in [-0.2, -0.15) is 0 Å². The highest BCUT2D eigenvalue weighted by molar-refractivity contribution is 5.85. The molecule has 1 amide bonds. The molecule has 1 atom stereocenters. The lowest BCUT2D eigenvalue weighted by molar-refractivity contribution is -0.122. The number of carbonyl (C=O) groups excluding carboxylic acids is 1. The molecular formula is C19H25Cl2N3O2. The summed E-state index contributed by atoms with van der Waals surface area (Å²) in [6, 6.07) is 9.65. The first kappa shape index (κ1) is 22.2. The van der Waals surface area contributed by atoms with Crippen LogP contribution in [0, 0.1) is 13.8 Å². The monoisotopic (exact) mass is 397 g/mol. The number of hydrogen-bond donors (Lipinski definition) is 2. The lowest BCUT2D eigenvalue weighted by Gasteiger charge is -2.12. The van der Waals surface area contributed by atoms with Crippen LogP contribution >= 0.6 is 24.8 Å². The summed E-state index contributed by atoms with van der Waals surface area (Å²) < 4.78 is 5.90. The number of carbonyl (C=O) groups is 1. The minimum atomic E-state index is -0.0579. The van der Waals surface area contributed by atoms with Crippen molar-refractivity contribution in [1.82, 2.24) is 15.6 Å². The number of nitrogens with zero attached hydrogens (tertiary/aromatic N) is 1. The molecule has 1 aromatic carbocycles. The van der Waals surface area contributed by atoms with Crippen molar-refractivity contribution in [1.29, 1.82) is 0 Å². The molecule has 0 bridgehead atoms. The minimum Gasteiger partial charge on any atom is -0.439 e. The average Bonchev–Trinajstić information content (AvgIpc) is 3.12. The van der Waals surface area contributed by atoms with E-state index < -0.39 is 0 Å². The molecule has 0 saturated carbocycles. The van der Waals surface area contributed by atoms with Gasteiger partial charge in [0.25, 0.3) is 0 Å². The summed E-state index contributed by atoms with van der Waals surface area (Å²) in [4.78, 5) is 16.3. The van der Waals surface area contributed by atoms with E-state index in [1.807, 2.05) is 31.2 Å². The van der Waals surface area contributed by atoms with Crippen molar-refractivity contribution in [3.05, 3.63) is 53.2 Å². The lowest BCUT2D eigenvalue weighted by atomic mass is 10.1. The van der Waals surface area contributed by atoms with Crippen LogP contribution in [0.2, 0.25) is 0 Å². The summed E-state index contributed by atoms with van der Waals surface area (Å²) in [5.41, 5.74) is 3.25. The van der Waals surface area contributed by atoms with Crippen molar-refractivity contribution in [2.75, 3.05) is 6.54 Å². The second-order valence-electron chi connectivity index (χ2n) is 6.17. The second-order valence-corrected chi connectivity index (χ2v) is 6.17. The summed E-state index contributed by atoms with van der Waals surface area (Å²) in [7, 11) is 0. The number of amides is 1. The van der Waals surface area contributed by atoms with Crippen LogP contribution in [0.4, 0.5) is 0 Å². The Bertz CT molecular complexity index is 734. The van der Waals surface area contributed by atoms with E-state index in [9.17, 15) is 4.79 Å². The van der Waals surface area contributed by atoms with Gasteiger partial charge in [-0.25, -0.2) is 4.98 Å². The van der Waals surface area contributed by atoms with E-state index in [0.717, 1.165) is 36.3 Å². The zero-order chi connectivity index (χ0) is 16.9. The molecule has 7 heteroatoms. The Labute approximate surface area is 166 Å². The first-order chi connectivity index (χ1) is 11.6. The number of hydrogen-bond acceptors (Lipinski definition) is 4. The highest BCUT2D eigenvalue weighted by atomic mass is 35.5. The van der Waals surface area contributed by atoms with E-state index in [-0.39, 0.29) is 36.8 Å². The number of ether oxygens (including phenoxy) is 1. The number of aryl methyl sites for hydroxylation is 1. The summed E-state index contributed by atoms with van der Waals surface area (Å²) in [5, 5.41) is 6.17. The van der Waals surface area contributed by atoms with E-state index in [1.54, 1.807) is 6.20 Å². The first-order valence-corrected chi connectivity index (χ1v) is 8.33. The molecule has 1 fully saturated rings. The van der Waals surface area contributed by atoms with Gasteiger partial charge in [-0.15, -0.1) is 24.8 Å². The fourth-order valence-corrected chi connectivity index (χ4v) is 2.78. The summed E-state index contributed by atoms with van der Waals surface area (Å²) in [6.07, 6.45) is 3.67. The van der Waals surface area contributed by atoms with Crippen molar-refractivity contribution in [2.24, 2.45) is 0 Å². The maximum Gasteiger partial charge on any atom is 0.237 e. The van der Waals surface area contributed by atoms with Crippen LogP contribution in [0.15, 0.2) is 36.5 Å². The van der Waals surface area contributed by atoms with Crippen LogP contribution < -0.4 is 15.4 Å². The third-order valence-corrected chi connectivity index (χ3v) is 4.41.